The Morgan fingerprint density at radius 1 is 1.33 bits per heavy atom. The van der Waals surface area contributed by atoms with Crippen molar-refractivity contribution >= 4 is 5.82 Å². The standard InChI is InChI=1S/C11H19N3O/c1-7(2)9-6-10(12)14-11(13-9)5-8(3)15-4/h6-8H,5H2,1-4H3,(H2,12,13,14). The van der Waals surface area contributed by atoms with Crippen molar-refractivity contribution < 1.29 is 4.74 Å². The Hall–Kier alpha value is -1.16. The summed E-state index contributed by atoms with van der Waals surface area (Å²) in [6, 6.07) is 1.83. The predicted molar refractivity (Wildman–Crippen MR) is 60.7 cm³/mol. The number of nitrogens with two attached hydrogens (primary N) is 1. The number of anilines is 1. The smallest absolute Gasteiger partial charge is 0.133 e. The van der Waals surface area contributed by atoms with Gasteiger partial charge in [0.25, 0.3) is 0 Å². The van der Waals surface area contributed by atoms with E-state index in [-0.39, 0.29) is 6.10 Å². The highest BCUT2D eigenvalue weighted by Crippen LogP contribution is 2.14. The van der Waals surface area contributed by atoms with E-state index in [0.717, 1.165) is 11.5 Å². The van der Waals surface area contributed by atoms with Crippen LogP contribution in [0.25, 0.3) is 0 Å². The number of hydrogen-bond acceptors (Lipinski definition) is 4. The van der Waals surface area contributed by atoms with Crippen LogP contribution in [0.3, 0.4) is 0 Å². The monoisotopic (exact) mass is 209 g/mol. The number of ether oxygens (including phenoxy) is 1. The Bertz CT molecular complexity index is 326. The molecule has 4 heteroatoms. The summed E-state index contributed by atoms with van der Waals surface area (Å²) in [6.07, 6.45) is 0.813. The van der Waals surface area contributed by atoms with Crippen LogP contribution in [0, 0.1) is 0 Å². The number of nitrogen functional groups attached to an aromatic ring is 1. The van der Waals surface area contributed by atoms with Gasteiger partial charge in [0.05, 0.1) is 6.10 Å². The largest absolute Gasteiger partial charge is 0.384 e. The lowest BCUT2D eigenvalue weighted by molar-refractivity contribution is 0.117. The van der Waals surface area contributed by atoms with E-state index in [9.17, 15) is 0 Å². The van der Waals surface area contributed by atoms with Gasteiger partial charge in [-0.25, -0.2) is 9.97 Å². The molecule has 0 amide bonds. The first kappa shape index (κ1) is 11.9. The molecular weight excluding hydrogens is 190 g/mol. The molecule has 1 unspecified atom stereocenters. The highest BCUT2D eigenvalue weighted by molar-refractivity contribution is 5.31. The second-order valence-electron chi connectivity index (χ2n) is 4.04. The Morgan fingerprint density at radius 2 is 2.00 bits per heavy atom. The van der Waals surface area contributed by atoms with E-state index in [2.05, 4.69) is 23.8 Å². The van der Waals surface area contributed by atoms with Crippen LogP contribution in [0.2, 0.25) is 0 Å². The molecule has 0 saturated heterocycles. The molecule has 0 aliphatic carbocycles. The number of nitrogens with zero attached hydrogens (tertiary/aromatic N) is 2. The van der Waals surface area contributed by atoms with Gasteiger partial charge in [0.15, 0.2) is 0 Å². The molecule has 0 bridgehead atoms. The Morgan fingerprint density at radius 3 is 2.53 bits per heavy atom. The Labute approximate surface area is 90.9 Å². The van der Waals surface area contributed by atoms with Gasteiger partial charge in [0.2, 0.25) is 0 Å². The molecule has 1 atom stereocenters. The van der Waals surface area contributed by atoms with Crippen LogP contribution in [0.15, 0.2) is 6.07 Å². The van der Waals surface area contributed by atoms with Crippen molar-refractivity contribution in [3.63, 3.8) is 0 Å². The summed E-state index contributed by atoms with van der Waals surface area (Å²) in [5.41, 5.74) is 6.71. The molecule has 15 heavy (non-hydrogen) atoms. The minimum absolute atomic E-state index is 0.117. The summed E-state index contributed by atoms with van der Waals surface area (Å²) >= 11 is 0. The van der Waals surface area contributed by atoms with Gasteiger partial charge in [0.1, 0.15) is 11.6 Å². The van der Waals surface area contributed by atoms with Crippen LogP contribution in [-0.4, -0.2) is 23.2 Å². The summed E-state index contributed by atoms with van der Waals surface area (Å²) in [6.45, 7) is 6.16. The first-order valence-corrected chi connectivity index (χ1v) is 5.19. The van der Waals surface area contributed by atoms with Crippen molar-refractivity contribution in [2.75, 3.05) is 12.8 Å². The SMILES string of the molecule is COC(C)Cc1nc(N)cc(C(C)C)n1. The summed E-state index contributed by atoms with van der Waals surface area (Å²) < 4.78 is 5.17. The molecule has 0 aliphatic rings. The molecule has 2 N–H and O–H groups in total. The van der Waals surface area contributed by atoms with Crippen LogP contribution in [0.4, 0.5) is 5.82 Å². The van der Waals surface area contributed by atoms with Crippen molar-refractivity contribution in [1.82, 2.24) is 9.97 Å². The first-order valence-electron chi connectivity index (χ1n) is 5.19. The van der Waals surface area contributed by atoms with Crippen LogP contribution in [0.1, 0.15) is 38.2 Å². The van der Waals surface area contributed by atoms with Gasteiger partial charge in [-0.1, -0.05) is 13.8 Å². The molecule has 1 aromatic rings. The van der Waals surface area contributed by atoms with E-state index in [0.29, 0.717) is 18.2 Å². The Balaban J connectivity index is 2.88. The van der Waals surface area contributed by atoms with Crippen molar-refractivity contribution in [2.45, 2.75) is 39.2 Å². The van der Waals surface area contributed by atoms with E-state index in [4.69, 9.17) is 10.5 Å². The zero-order chi connectivity index (χ0) is 11.4. The molecule has 1 aromatic heterocycles. The summed E-state index contributed by atoms with van der Waals surface area (Å²) in [5.74, 6) is 1.66. The minimum atomic E-state index is 0.117. The van der Waals surface area contributed by atoms with Gasteiger partial charge >= 0.3 is 0 Å². The number of aromatic nitrogens is 2. The summed E-state index contributed by atoms with van der Waals surface area (Å²) in [5, 5.41) is 0. The highest BCUT2D eigenvalue weighted by atomic mass is 16.5. The quantitative estimate of drug-likeness (QED) is 0.820. The second-order valence-corrected chi connectivity index (χ2v) is 4.04. The highest BCUT2D eigenvalue weighted by Gasteiger charge is 2.09. The Kier molecular flexibility index (Phi) is 4.03. The van der Waals surface area contributed by atoms with E-state index in [1.165, 1.54) is 0 Å². The van der Waals surface area contributed by atoms with Crippen LogP contribution < -0.4 is 5.73 Å². The third-order valence-corrected chi connectivity index (χ3v) is 2.28. The zero-order valence-corrected chi connectivity index (χ0v) is 9.82. The lowest BCUT2D eigenvalue weighted by atomic mass is 10.1. The number of methoxy groups -OCH3 is 1. The van der Waals surface area contributed by atoms with Gasteiger partial charge in [0, 0.05) is 25.3 Å². The first-order chi connectivity index (χ1) is 7.02. The van der Waals surface area contributed by atoms with Gasteiger partial charge in [-0.2, -0.15) is 0 Å². The zero-order valence-electron chi connectivity index (χ0n) is 9.82. The fraction of sp³-hybridized carbons (Fsp3) is 0.636. The average Bonchev–Trinajstić information content (AvgIpc) is 2.16. The van der Waals surface area contributed by atoms with Gasteiger partial charge in [-0.3, -0.25) is 0 Å². The number of rotatable bonds is 4. The van der Waals surface area contributed by atoms with Crippen molar-refractivity contribution in [3.05, 3.63) is 17.6 Å². The molecule has 0 aromatic carbocycles. The summed E-state index contributed by atoms with van der Waals surface area (Å²) in [7, 11) is 1.68. The van der Waals surface area contributed by atoms with E-state index >= 15 is 0 Å². The topological polar surface area (TPSA) is 61.0 Å². The molecule has 4 nitrogen and oxygen atoms in total. The molecule has 1 rings (SSSR count). The lowest BCUT2D eigenvalue weighted by Crippen LogP contribution is -2.13. The van der Waals surface area contributed by atoms with E-state index in [1.54, 1.807) is 7.11 Å². The maximum Gasteiger partial charge on any atom is 0.133 e. The van der Waals surface area contributed by atoms with Gasteiger partial charge < -0.3 is 10.5 Å². The molecule has 0 aliphatic heterocycles. The predicted octanol–water partition coefficient (Wildman–Crippen LogP) is 1.76. The maximum absolute atomic E-state index is 5.72. The molecule has 0 saturated carbocycles. The van der Waals surface area contributed by atoms with Crippen LogP contribution >= 0.6 is 0 Å². The average molecular weight is 209 g/mol. The van der Waals surface area contributed by atoms with Gasteiger partial charge in [-0.05, 0) is 12.8 Å². The van der Waals surface area contributed by atoms with E-state index < -0.39 is 0 Å². The minimum Gasteiger partial charge on any atom is -0.384 e. The van der Waals surface area contributed by atoms with Gasteiger partial charge in [-0.15, -0.1) is 0 Å². The summed E-state index contributed by atoms with van der Waals surface area (Å²) in [4.78, 5) is 8.64. The van der Waals surface area contributed by atoms with Crippen LogP contribution in [-0.2, 0) is 11.2 Å². The van der Waals surface area contributed by atoms with Crippen molar-refractivity contribution in [2.24, 2.45) is 0 Å². The lowest BCUT2D eigenvalue weighted by Gasteiger charge is -2.11. The second kappa shape index (κ2) is 5.07. The number of hydrogen-bond donors (Lipinski definition) is 1. The third kappa shape index (κ3) is 3.47. The molecule has 1 heterocycles. The maximum atomic E-state index is 5.72. The van der Waals surface area contributed by atoms with Crippen molar-refractivity contribution in [1.29, 1.82) is 0 Å². The molecular formula is C11H19N3O. The van der Waals surface area contributed by atoms with E-state index in [1.807, 2.05) is 13.0 Å². The van der Waals surface area contributed by atoms with Crippen LogP contribution in [0.5, 0.6) is 0 Å². The normalized spacial score (nSPS) is 13.1. The molecule has 0 radical (unpaired) electrons. The molecule has 0 spiro atoms. The molecule has 0 fully saturated rings. The fourth-order valence-corrected chi connectivity index (χ4v) is 1.27. The molecule has 84 valence electrons. The third-order valence-electron chi connectivity index (χ3n) is 2.28. The fourth-order valence-electron chi connectivity index (χ4n) is 1.27. The van der Waals surface area contributed by atoms with Crippen molar-refractivity contribution in [3.8, 4) is 0 Å².